The van der Waals surface area contributed by atoms with Gasteiger partial charge in [-0.25, -0.2) is 0 Å². The highest BCUT2D eigenvalue weighted by Crippen LogP contribution is 2.17. The van der Waals surface area contributed by atoms with Crippen LogP contribution in [0.1, 0.15) is 290 Å². The van der Waals surface area contributed by atoms with Crippen LogP contribution in [0.15, 0.2) is 48.6 Å². The highest BCUT2D eigenvalue weighted by atomic mass is 16.6. The maximum atomic E-state index is 12.7. The lowest BCUT2D eigenvalue weighted by atomic mass is 10.0. The van der Waals surface area contributed by atoms with Gasteiger partial charge in [0.25, 0.3) is 0 Å². The molecule has 0 heterocycles. The highest BCUT2D eigenvalue weighted by Gasteiger charge is 2.19. The minimum absolute atomic E-state index is 0.0979. The van der Waals surface area contributed by atoms with Gasteiger partial charge >= 0.3 is 17.9 Å². The first-order chi connectivity index (χ1) is 32.0. The Morgan fingerprint density at radius 3 is 0.908 bits per heavy atom. The van der Waals surface area contributed by atoms with Crippen LogP contribution < -0.4 is 0 Å². The lowest BCUT2D eigenvalue weighted by Crippen LogP contribution is -2.30. The number of unbranched alkanes of at least 4 members (excludes halogenated alkanes) is 32. The molecule has 6 nitrogen and oxygen atoms in total. The molecule has 6 heteroatoms. The summed E-state index contributed by atoms with van der Waals surface area (Å²) < 4.78 is 16.7. The summed E-state index contributed by atoms with van der Waals surface area (Å²) in [5.74, 6) is -0.972. The zero-order chi connectivity index (χ0) is 47.2. The molecule has 0 aliphatic rings. The Balaban J connectivity index is 4.18. The average Bonchev–Trinajstić information content (AvgIpc) is 3.30. The van der Waals surface area contributed by atoms with Crippen LogP contribution in [-0.4, -0.2) is 37.2 Å². The molecule has 0 bridgehead atoms. The summed E-state index contributed by atoms with van der Waals surface area (Å²) in [7, 11) is 0. The molecule has 0 aromatic rings. The van der Waals surface area contributed by atoms with Gasteiger partial charge in [0.1, 0.15) is 13.2 Å². The molecule has 0 saturated carbocycles. The van der Waals surface area contributed by atoms with E-state index in [-0.39, 0.29) is 37.5 Å². The topological polar surface area (TPSA) is 78.9 Å². The monoisotopic (exact) mass is 911 g/mol. The summed E-state index contributed by atoms with van der Waals surface area (Å²) in [5, 5.41) is 0. The van der Waals surface area contributed by atoms with Gasteiger partial charge in [0.15, 0.2) is 6.10 Å². The van der Waals surface area contributed by atoms with Crippen molar-refractivity contribution in [3.8, 4) is 0 Å². The molecule has 1 unspecified atom stereocenters. The van der Waals surface area contributed by atoms with Crippen LogP contribution in [0.4, 0.5) is 0 Å². The van der Waals surface area contributed by atoms with E-state index in [2.05, 4.69) is 57.2 Å². The average molecular weight is 911 g/mol. The second-order valence-corrected chi connectivity index (χ2v) is 18.8. The van der Waals surface area contributed by atoms with Crippen LogP contribution in [0.5, 0.6) is 0 Å². The minimum Gasteiger partial charge on any atom is -0.462 e. The van der Waals surface area contributed by atoms with Gasteiger partial charge in [-0.2, -0.15) is 0 Å². The van der Waals surface area contributed by atoms with Crippen molar-refractivity contribution in [2.24, 2.45) is 0 Å². The van der Waals surface area contributed by atoms with Gasteiger partial charge in [0.05, 0.1) is 0 Å². The van der Waals surface area contributed by atoms with Gasteiger partial charge in [-0.3, -0.25) is 14.4 Å². The predicted octanol–water partition coefficient (Wildman–Crippen LogP) is 18.7. The van der Waals surface area contributed by atoms with E-state index in [1.807, 2.05) is 12.2 Å². The molecule has 65 heavy (non-hydrogen) atoms. The summed E-state index contributed by atoms with van der Waals surface area (Å²) in [6, 6.07) is 0. The maximum absolute atomic E-state index is 12.7. The molecule has 0 saturated heterocycles. The lowest BCUT2D eigenvalue weighted by Gasteiger charge is -2.18. The third-order valence-corrected chi connectivity index (χ3v) is 12.4. The van der Waals surface area contributed by atoms with E-state index >= 15 is 0 Å². The van der Waals surface area contributed by atoms with E-state index in [4.69, 9.17) is 14.2 Å². The van der Waals surface area contributed by atoms with Crippen LogP contribution in [0.2, 0.25) is 0 Å². The fraction of sp³-hybridized carbons (Fsp3) is 0.814. The molecule has 0 radical (unpaired) electrons. The fourth-order valence-electron chi connectivity index (χ4n) is 8.16. The quantitative estimate of drug-likeness (QED) is 0.0262. The van der Waals surface area contributed by atoms with Crippen molar-refractivity contribution in [3.05, 3.63) is 48.6 Å². The van der Waals surface area contributed by atoms with Gasteiger partial charge in [0.2, 0.25) is 0 Å². The Labute approximate surface area is 403 Å². The molecule has 0 aliphatic carbocycles. The second kappa shape index (κ2) is 54.0. The van der Waals surface area contributed by atoms with Crippen LogP contribution in [0, 0.1) is 0 Å². The summed E-state index contributed by atoms with van der Waals surface area (Å²) in [5.41, 5.74) is 0. The number of ether oxygens (including phenoxy) is 3. The number of rotatable bonds is 51. The zero-order valence-electron chi connectivity index (χ0n) is 43.3. The predicted molar refractivity (Wildman–Crippen MR) is 279 cm³/mol. The van der Waals surface area contributed by atoms with Gasteiger partial charge in [-0.1, -0.05) is 275 Å². The van der Waals surface area contributed by atoms with Crippen molar-refractivity contribution in [2.75, 3.05) is 13.2 Å². The van der Waals surface area contributed by atoms with Crippen molar-refractivity contribution >= 4 is 17.9 Å². The van der Waals surface area contributed by atoms with Gasteiger partial charge < -0.3 is 14.2 Å². The van der Waals surface area contributed by atoms with E-state index in [9.17, 15) is 14.4 Å². The molecule has 0 rings (SSSR count). The first kappa shape index (κ1) is 62.4. The van der Waals surface area contributed by atoms with Crippen molar-refractivity contribution < 1.29 is 28.6 Å². The molecular weight excluding hydrogens is 805 g/mol. The first-order valence-electron chi connectivity index (χ1n) is 28.1. The third-order valence-electron chi connectivity index (χ3n) is 12.4. The number of allylic oxidation sites excluding steroid dienone is 8. The molecule has 0 fully saturated rings. The maximum Gasteiger partial charge on any atom is 0.306 e. The standard InChI is InChI=1S/C59H106O6/c1-4-7-10-13-16-19-21-23-24-25-26-27-28-29-30-31-32-33-34-36-37-40-43-46-49-52-58(61)64-55-56(54-63-57(60)51-48-45-42-39-18-15-12-9-6-3)65-59(62)53-50-47-44-41-38-35-22-20-17-14-11-8-5-2/h8,11,17,20,35,38,44,47,56H,4-7,9-10,12-16,18-19,21-34,36-37,39-43,45-46,48-55H2,1-3H3/b11-8-,20-17-,38-35-,47-44-. The van der Waals surface area contributed by atoms with Crippen molar-refractivity contribution in [1.29, 1.82) is 0 Å². The Morgan fingerprint density at radius 2 is 0.600 bits per heavy atom. The molecular formula is C59H106O6. The van der Waals surface area contributed by atoms with E-state index in [0.717, 1.165) is 64.2 Å². The molecule has 1 atom stereocenters. The number of carbonyl (C=O) groups excluding carboxylic acids is 3. The van der Waals surface area contributed by atoms with Gasteiger partial charge in [0, 0.05) is 19.3 Å². The summed E-state index contributed by atoms with van der Waals surface area (Å²) in [6.45, 7) is 6.47. The summed E-state index contributed by atoms with van der Waals surface area (Å²) >= 11 is 0. The SMILES string of the molecule is CC/C=C\C/C=C\C/C=C\C/C=C\CCC(=O)OC(COC(=O)CCCCCCCCCCC)COC(=O)CCCCCCCCCCCCCCCCCCCCCCCCCCC. The van der Waals surface area contributed by atoms with Crippen LogP contribution in [0.3, 0.4) is 0 Å². The van der Waals surface area contributed by atoms with Crippen LogP contribution >= 0.6 is 0 Å². The second-order valence-electron chi connectivity index (χ2n) is 18.8. The molecule has 0 amide bonds. The number of esters is 3. The molecule has 0 N–H and O–H groups in total. The van der Waals surface area contributed by atoms with Crippen molar-refractivity contribution in [1.82, 2.24) is 0 Å². The minimum atomic E-state index is -0.806. The molecule has 0 aliphatic heterocycles. The summed E-state index contributed by atoms with van der Waals surface area (Å²) in [6.07, 6.45) is 65.8. The Morgan fingerprint density at radius 1 is 0.323 bits per heavy atom. The van der Waals surface area contributed by atoms with Crippen LogP contribution in [0.25, 0.3) is 0 Å². The molecule has 378 valence electrons. The normalized spacial score (nSPS) is 12.4. The fourth-order valence-corrected chi connectivity index (χ4v) is 8.16. The van der Waals surface area contributed by atoms with Crippen molar-refractivity contribution in [3.63, 3.8) is 0 Å². The largest absolute Gasteiger partial charge is 0.462 e. The lowest BCUT2D eigenvalue weighted by molar-refractivity contribution is -0.166. The number of hydrogen-bond donors (Lipinski definition) is 0. The zero-order valence-corrected chi connectivity index (χ0v) is 43.3. The Bertz CT molecular complexity index is 1140. The smallest absolute Gasteiger partial charge is 0.306 e. The van der Waals surface area contributed by atoms with Gasteiger partial charge in [-0.05, 0) is 44.9 Å². The number of hydrogen-bond acceptors (Lipinski definition) is 6. The Hall–Kier alpha value is -2.63. The van der Waals surface area contributed by atoms with Crippen LogP contribution in [-0.2, 0) is 28.6 Å². The number of carbonyl (C=O) groups is 3. The van der Waals surface area contributed by atoms with Crippen molar-refractivity contribution in [2.45, 2.75) is 297 Å². The first-order valence-corrected chi connectivity index (χ1v) is 28.1. The van der Waals surface area contributed by atoms with Gasteiger partial charge in [-0.15, -0.1) is 0 Å². The molecule has 0 spiro atoms. The van der Waals surface area contributed by atoms with E-state index in [1.165, 1.54) is 180 Å². The summed E-state index contributed by atoms with van der Waals surface area (Å²) in [4.78, 5) is 37.9. The van der Waals surface area contributed by atoms with E-state index in [0.29, 0.717) is 19.3 Å². The van der Waals surface area contributed by atoms with E-state index in [1.54, 1.807) is 0 Å². The third kappa shape index (κ3) is 52.2. The highest BCUT2D eigenvalue weighted by molar-refractivity contribution is 5.71. The molecule has 0 aromatic heterocycles. The van der Waals surface area contributed by atoms with E-state index < -0.39 is 6.10 Å². The Kier molecular flexibility index (Phi) is 51.8. The molecule has 0 aromatic carbocycles.